The molecule has 0 N–H and O–H groups in total. The molecule has 2 aliphatic carbocycles. The standard InChI is InChI=1S/C33H38/c1-7-25-20-23(2)21-31(25)30-19-18-27(17-16-24(3)26-12-9-8-10-13-26)32(30)28-14-11-15-29(22-28)33(4,5)6/h8-15,18-22,25,32H,3,7,16-17H2,1-2,4-6H3. The highest BCUT2D eigenvalue weighted by atomic mass is 14.3. The van der Waals surface area contributed by atoms with E-state index in [0.717, 1.165) is 19.3 Å². The summed E-state index contributed by atoms with van der Waals surface area (Å²) in [4.78, 5) is 0. The Morgan fingerprint density at radius 1 is 0.939 bits per heavy atom. The third kappa shape index (κ3) is 5.06. The molecule has 0 saturated heterocycles. The van der Waals surface area contributed by atoms with Gasteiger partial charge in [-0.1, -0.05) is 124 Å². The summed E-state index contributed by atoms with van der Waals surface area (Å²) in [6.07, 6.45) is 12.8. The van der Waals surface area contributed by atoms with E-state index in [0.29, 0.717) is 11.8 Å². The number of benzene rings is 2. The van der Waals surface area contributed by atoms with Crippen molar-refractivity contribution in [2.45, 2.75) is 65.2 Å². The molecule has 2 unspecified atom stereocenters. The Labute approximate surface area is 201 Å². The second-order valence-corrected chi connectivity index (χ2v) is 10.7. The first-order valence-electron chi connectivity index (χ1n) is 12.4. The zero-order chi connectivity index (χ0) is 23.6. The molecule has 0 bridgehead atoms. The van der Waals surface area contributed by atoms with Crippen LogP contribution in [0.5, 0.6) is 0 Å². The van der Waals surface area contributed by atoms with Gasteiger partial charge in [0.1, 0.15) is 0 Å². The van der Waals surface area contributed by atoms with Crippen molar-refractivity contribution in [2.24, 2.45) is 5.92 Å². The van der Waals surface area contributed by atoms with Crippen molar-refractivity contribution < 1.29 is 0 Å². The Bertz CT molecular complexity index is 1140. The lowest BCUT2D eigenvalue weighted by Gasteiger charge is -2.26. The van der Waals surface area contributed by atoms with Crippen molar-refractivity contribution in [2.75, 3.05) is 0 Å². The minimum atomic E-state index is 0.140. The largest absolute Gasteiger partial charge is 0.0952 e. The topological polar surface area (TPSA) is 0 Å². The Morgan fingerprint density at radius 2 is 1.70 bits per heavy atom. The SMILES string of the molecule is C=C(CCC1=CC=C(C2=CC(C)=CC2CC)C1c1cccc(C(C)(C)C)c1)c1ccccc1. The molecule has 0 radical (unpaired) electrons. The van der Waals surface area contributed by atoms with Crippen molar-refractivity contribution in [3.05, 3.63) is 124 Å². The molecule has 0 heteroatoms. The fourth-order valence-electron chi connectivity index (χ4n) is 5.21. The number of allylic oxidation sites excluding steroid dienone is 9. The van der Waals surface area contributed by atoms with Crippen LogP contribution >= 0.6 is 0 Å². The van der Waals surface area contributed by atoms with Crippen LogP contribution in [0.1, 0.15) is 76.5 Å². The van der Waals surface area contributed by atoms with Gasteiger partial charge in [-0.05, 0) is 65.0 Å². The van der Waals surface area contributed by atoms with Crippen LogP contribution in [0.2, 0.25) is 0 Å². The summed E-state index contributed by atoms with van der Waals surface area (Å²) >= 11 is 0. The van der Waals surface area contributed by atoms with Crippen molar-refractivity contribution in [1.29, 1.82) is 0 Å². The van der Waals surface area contributed by atoms with Gasteiger partial charge in [0.15, 0.2) is 0 Å². The summed E-state index contributed by atoms with van der Waals surface area (Å²) in [6.45, 7) is 15.8. The molecule has 2 atom stereocenters. The van der Waals surface area contributed by atoms with Crippen LogP contribution in [-0.4, -0.2) is 0 Å². The van der Waals surface area contributed by atoms with Gasteiger partial charge < -0.3 is 0 Å². The molecule has 0 heterocycles. The summed E-state index contributed by atoms with van der Waals surface area (Å²) in [5.41, 5.74) is 11.3. The first-order chi connectivity index (χ1) is 15.8. The smallest absolute Gasteiger partial charge is 0.0305 e. The van der Waals surface area contributed by atoms with Gasteiger partial charge in [-0.3, -0.25) is 0 Å². The molecule has 170 valence electrons. The predicted octanol–water partition coefficient (Wildman–Crippen LogP) is 9.34. The maximum atomic E-state index is 4.40. The first-order valence-corrected chi connectivity index (χ1v) is 12.4. The molecule has 0 aromatic heterocycles. The van der Waals surface area contributed by atoms with Gasteiger partial charge in [-0.15, -0.1) is 0 Å². The fourth-order valence-corrected chi connectivity index (χ4v) is 5.21. The highest BCUT2D eigenvalue weighted by Crippen LogP contribution is 2.47. The highest BCUT2D eigenvalue weighted by Gasteiger charge is 2.31. The lowest BCUT2D eigenvalue weighted by atomic mass is 9.77. The summed E-state index contributed by atoms with van der Waals surface area (Å²) in [5, 5.41) is 0. The summed E-state index contributed by atoms with van der Waals surface area (Å²) in [7, 11) is 0. The summed E-state index contributed by atoms with van der Waals surface area (Å²) < 4.78 is 0. The molecular formula is C33H38. The van der Waals surface area contributed by atoms with Crippen LogP contribution in [0.3, 0.4) is 0 Å². The zero-order valence-electron chi connectivity index (χ0n) is 21.0. The maximum Gasteiger partial charge on any atom is 0.0305 e. The van der Waals surface area contributed by atoms with Crippen molar-refractivity contribution in [3.8, 4) is 0 Å². The monoisotopic (exact) mass is 434 g/mol. The van der Waals surface area contributed by atoms with Crippen LogP contribution < -0.4 is 0 Å². The number of hydrogen-bond acceptors (Lipinski definition) is 0. The van der Waals surface area contributed by atoms with Gasteiger partial charge >= 0.3 is 0 Å². The molecule has 0 nitrogen and oxygen atoms in total. The van der Waals surface area contributed by atoms with E-state index in [9.17, 15) is 0 Å². The van der Waals surface area contributed by atoms with Crippen LogP contribution in [0.15, 0.2) is 108 Å². The molecule has 0 fully saturated rings. The summed E-state index contributed by atoms with van der Waals surface area (Å²) in [5.74, 6) is 0.854. The molecular weight excluding hydrogens is 396 g/mol. The second-order valence-electron chi connectivity index (χ2n) is 10.7. The second kappa shape index (κ2) is 9.56. The van der Waals surface area contributed by atoms with E-state index in [1.54, 1.807) is 0 Å². The molecule has 33 heavy (non-hydrogen) atoms. The van der Waals surface area contributed by atoms with E-state index >= 15 is 0 Å². The summed E-state index contributed by atoms with van der Waals surface area (Å²) in [6, 6.07) is 19.9. The Hall–Kier alpha value is -2.86. The average molecular weight is 435 g/mol. The molecule has 0 aliphatic heterocycles. The highest BCUT2D eigenvalue weighted by molar-refractivity contribution is 5.64. The first kappa shape index (κ1) is 23.3. The van der Waals surface area contributed by atoms with Crippen molar-refractivity contribution in [1.82, 2.24) is 0 Å². The molecule has 2 aromatic rings. The minimum absolute atomic E-state index is 0.140. The van der Waals surface area contributed by atoms with E-state index in [1.807, 2.05) is 0 Å². The Morgan fingerprint density at radius 3 is 2.39 bits per heavy atom. The third-order valence-corrected chi connectivity index (χ3v) is 7.16. The van der Waals surface area contributed by atoms with Gasteiger partial charge in [0.05, 0.1) is 0 Å². The van der Waals surface area contributed by atoms with Crippen LogP contribution in [0.4, 0.5) is 0 Å². The van der Waals surface area contributed by atoms with Crippen LogP contribution in [0, 0.1) is 5.92 Å². The molecule has 2 aromatic carbocycles. The lowest BCUT2D eigenvalue weighted by molar-refractivity contribution is 0.589. The molecule has 0 amide bonds. The molecule has 4 rings (SSSR count). The minimum Gasteiger partial charge on any atom is -0.0952 e. The molecule has 2 aliphatic rings. The average Bonchev–Trinajstić information content (AvgIpc) is 3.40. The quantitative estimate of drug-likeness (QED) is 0.407. The van der Waals surface area contributed by atoms with E-state index in [1.165, 1.54) is 44.6 Å². The Balaban J connectivity index is 1.65. The molecule has 0 saturated carbocycles. The van der Waals surface area contributed by atoms with Gasteiger partial charge in [0.2, 0.25) is 0 Å². The van der Waals surface area contributed by atoms with Crippen LogP contribution in [0.25, 0.3) is 5.57 Å². The zero-order valence-corrected chi connectivity index (χ0v) is 21.0. The van der Waals surface area contributed by atoms with E-state index in [4.69, 9.17) is 0 Å². The van der Waals surface area contributed by atoms with Crippen LogP contribution in [-0.2, 0) is 5.41 Å². The van der Waals surface area contributed by atoms with Gasteiger partial charge in [0.25, 0.3) is 0 Å². The van der Waals surface area contributed by atoms with Gasteiger partial charge in [-0.2, -0.15) is 0 Å². The number of hydrogen-bond donors (Lipinski definition) is 0. The van der Waals surface area contributed by atoms with E-state index in [-0.39, 0.29) is 5.41 Å². The van der Waals surface area contributed by atoms with Crippen molar-refractivity contribution >= 4 is 5.57 Å². The maximum absolute atomic E-state index is 4.40. The Kier molecular flexibility index (Phi) is 6.75. The van der Waals surface area contributed by atoms with Gasteiger partial charge in [-0.25, -0.2) is 0 Å². The van der Waals surface area contributed by atoms with E-state index in [2.05, 4.69) is 120 Å². The third-order valence-electron chi connectivity index (χ3n) is 7.16. The predicted molar refractivity (Wildman–Crippen MR) is 144 cm³/mol. The number of rotatable bonds is 7. The van der Waals surface area contributed by atoms with Gasteiger partial charge in [0, 0.05) is 11.8 Å². The lowest BCUT2D eigenvalue weighted by Crippen LogP contribution is -2.13. The molecule has 0 spiro atoms. The van der Waals surface area contributed by atoms with E-state index < -0.39 is 0 Å². The fraction of sp³-hybridized carbons (Fsp3) is 0.333. The van der Waals surface area contributed by atoms with Crippen molar-refractivity contribution in [3.63, 3.8) is 0 Å². The normalized spacial score (nSPS) is 20.3.